The number of rotatable bonds is 6. The number of carbonyl (C=O) groups excluding carboxylic acids is 1. The maximum Gasteiger partial charge on any atom is 0.272 e. The molecule has 1 amide bonds. The van der Waals surface area contributed by atoms with Crippen molar-refractivity contribution in [1.82, 2.24) is 0 Å². The lowest BCUT2D eigenvalue weighted by Crippen LogP contribution is -2.21. The molecule has 0 aromatic heterocycles. The van der Waals surface area contributed by atoms with Crippen LogP contribution < -0.4 is 10.1 Å². The SMILES string of the molecule is Cc1cc(OCC(=O)Nc2ccccc2C(C)C)ccc1[N+](=O)[O-]. The number of carbonyl (C=O) groups is 1. The molecule has 1 N–H and O–H groups in total. The van der Waals surface area contributed by atoms with Crippen molar-refractivity contribution in [2.24, 2.45) is 0 Å². The van der Waals surface area contributed by atoms with Gasteiger partial charge in [-0.1, -0.05) is 32.0 Å². The van der Waals surface area contributed by atoms with Crippen LogP contribution in [0.2, 0.25) is 0 Å². The first-order chi connectivity index (χ1) is 11.4. The number of ether oxygens (including phenoxy) is 1. The Bertz CT molecular complexity index is 756. The summed E-state index contributed by atoms with van der Waals surface area (Å²) in [4.78, 5) is 22.4. The van der Waals surface area contributed by atoms with Crippen LogP contribution in [0.3, 0.4) is 0 Å². The van der Waals surface area contributed by atoms with Gasteiger partial charge in [0.05, 0.1) is 4.92 Å². The summed E-state index contributed by atoms with van der Waals surface area (Å²) in [6, 6.07) is 12.0. The fourth-order valence-electron chi connectivity index (χ4n) is 2.37. The molecular formula is C18H20N2O4. The Morgan fingerprint density at radius 3 is 2.58 bits per heavy atom. The highest BCUT2D eigenvalue weighted by molar-refractivity contribution is 5.92. The smallest absolute Gasteiger partial charge is 0.272 e. The van der Waals surface area contributed by atoms with E-state index in [4.69, 9.17) is 4.74 Å². The van der Waals surface area contributed by atoms with Crippen molar-refractivity contribution < 1.29 is 14.5 Å². The molecule has 2 aromatic carbocycles. The van der Waals surface area contributed by atoms with E-state index in [9.17, 15) is 14.9 Å². The van der Waals surface area contributed by atoms with Gasteiger partial charge in [0.25, 0.3) is 11.6 Å². The molecule has 126 valence electrons. The van der Waals surface area contributed by atoms with Crippen molar-refractivity contribution in [2.75, 3.05) is 11.9 Å². The van der Waals surface area contributed by atoms with Crippen molar-refractivity contribution in [3.8, 4) is 5.75 Å². The van der Waals surface area contributed by atoms with Gasteiger partial charge in [-0.2, -0.15) is 0 Å². The van der Waals surface area contributed by atoms with Crippen molar-refractivity contribution in [1.29, 1.82) is 0 Å². The zero-order chi connectivity index (χ0) is 17.7. The predicted molar refractivity (Wildman–Crippen MR) is 92.5 cm³/mol. The molecule has 0 bridgehead atoms. The lowest BCUT2D eigenvalue weighted by molar-refractivity contribution is -0.385. The van der Waals surface area contributed by atoms with Gasteiger partial charge in [-0.15, -0.1) is 0 Å². The summed E-state index contributed by atoms with van der Waals surface area (Å²) < 4.78 is 5.42. The Hall–Kier alpha value is -2.89. The van der Waals surface area contributed by atoms with Crippen LogP contribution in [0, 0.1) is 17.0 Å². The summed E-state index contributed by atoms with van der Waals surface area (Å²) in [6.45, 7) is 5.58. The van der Waals surface area contributed by atoms with Gasteiger partial charge in [-0.3, -0.25) is 14.9 Å². The molecule has 0 spiro atoms. The lowest BCUT2D eigenvalue weighted by Gasteiger charge is -2.14. The van der Waals surface area contributed by atoms with E-state index >= 15 is 0 Å². The van der Waals surface area contributed by atoms with E-state index < -0.39 is 4.92 Å². The number of amides is 1. The number of hydrogen-bond donors (Lipinski definition) is 1. The van der Waals surface area contributed by atoms with Crippen molar-refractivity contribution >= 4 is 17.3 Å². The number of benzene rings is 2. The zero-order valence-electron chi connectivity index (χ0n) is 13.9. The molecule has 0 saturated carbocycles. The fraction of sp³-hybridized carbons (Fsp3) is 0.278. The molecule has 2 rings (SSSR count). The Morgan fingerprint density at radius 2 is 1.96 bits per heavy atom. The van der Waals surface area contributed by atoms with E-state index in [1.165, 1.54) is 12.1 Å². The molecule has 0 aliphatic heterocycles. The summed E-state index contributed by atoms with van der Waals surface area (Å²) in [5.41, 5.74) is 2.33. The third-order valence-corrected chi connectivity index (χ3v) is 3.59. The Labute approximate surface area is 140 Å². The topological polar surface area (TPSA) is 81.5 Å². The van der Waals surface area contributed by atoms with Gasteiger partial charge in [0.15, 0.2) is 6.61 Å². The summed E-state index contributed by atoms with van der Waals surface area (Å²) in [5.74, 6) is 0.434. The lowest BCUT2D eigenvalue weighted by atomic mass is 10.0. The molecule has 6 nitrogen and oxygen atoms in total. The van der Waals surface area contributed by atoms with Crippen LogP contribution in [0.5, 0.6) is 5.75 Å². The fourth-order valence-corrected chi connectivity index (χ4v) is 2.37. The van der Waals surface area contributed by atoms with E-state index in [2.05, 4.69) is 19.2 Å². The molecule has 0 heterocycles. The quantitative estimate of drug-likeness (QED) is 0.641. The predicted octanol–water partition coefficient (Wildman–Crippen LogP) is 4.04. The Morgan fingerprint density at radius 1 is 1.25 bits per heavy atom. The van der Waals surface area contributed by atoms with Crippen LogP contribution >= 0.6 is 0 Å². The Balaban J connectivity index is 1.99. The molecular weight excluding hydrogens is 308 g/mol. The number of aryl methyl sites for hydroxylation is 1. The highest BCUT2D eigenvalue weighted by atomic mass is 16.6. The third-order valence-electron chi connectivity index (χ3n) is 3.59. The molecule has 0 unspecified atom stereocenters. The average molecular weight is 328 g/mol. The first-order valence-corrected chi connectivity index (χ1v) is 7.65. The standard InChI is InChI=1S/C18H20N2O4/c1-12(2)15-6-4-5-7-16(15)19-18(21)11-24-14-8-9-17(20(22)23)13(3)10-14/h4-10,12H,11H2,1-3H3,(H,19,21). The van der Waals surface area contributed by atoms with E-state index in [-0.39, 0.29) is 18.2 Å². The molecule has 0 atom stereocenters. The minimum atomic E-state index is -0.450. The molecule has 0 aliphatic carbocycles. The van der Waals surface area contributed by atoms with E-state index in [1.807, 2.05) is 24.3 Å². The maximum atomic E-state index is 12.1. The number of nitrogens with zero attached hydrogens (tertiary/aromatic N) is 1. The summed E-state index contributed by atoms with van der Waals surface area (Å²) in [5, 5.41) is 13.6. The molecule has 2 aromatic rings. The zero-order valence-corrected chi connectivity index (χ0v) is 13.9. The van der Waals surface area contributed by atoms with Gasteiger partial charge >= 0.3 is 0 Å². The summed E-state index contributed by atoms with van der Waals surface area (Å²) in [6.07, 6.45) is 0. The van der Waals surface area contributed by atoms with Crippen molar-refractivity contribution in [3.63, 3.8) is 0 Å². The second-order valence-corrected chi connectivity index (χ2v) is 5.78. The second-order valence-electron chi connectivity index (χ2n) is 5.78. The summed E-state index contributed by atoms with van der Waals surface area (Å²) >= 11 is 0. The number of anilines is 1. The van der Waals surface area contributed by atoms with Crippen LogP contribution in [0.15, 0.2) is 42.5 Å². The Kier molecular flexibility index (Phi) is 5.52. The third kappa shape index (κ3) is 4.32. The molecule has 0 radical (unpaired) electrons. The molecule has 24 heavy (non-hydrogen) atoms. The number of para-hydroxylation sites is 1. The van der Waals surface area contributed by atoms with E-state index in [0.29, 0.717) is 17.2 Å². The highest BCUT2D eigenvalue weighted by Crippen LogP contribution is 2.24. The molecule has 0 saturated heterocycles. The van der Waals surface area contributed by atoms with Crippen molar-refractivity contribution in [3.05, 3.63) is 63.7 Å². The van der Waals surface area contributed by atoms with Gasteiger partial charge in [0, 0.05) is 17.3 Å². The average Bonchev–Trinajstić information content (AvgIpc) is 2.53. The van der Waals surface area contributed by atoms with Crippen LogP contribution in [0.4, 0.5) is 11.4 Å². The van der Waals surface area contributed by atoms with Crippen LogP contribution in [-0.2, 0) is 4.79 Å². The minimum Gasteiger partial charge on any atom is -0.484 e. The first kappa shape index (κ1) is 17.5. The minimum absolute atomic E-state index is 0.0256. The van der Waals surface area contributed by atoms with Gasteiger partial charge in [0.2, 0.25) is 0 Å². The highest BCUT2D eigenvalue weighted by Gasteiger charge is 2.12. The van der Waals surface area contributed by atoms with E-state index in [1.54, 1.807) is 13.0 Å². The van der Waals surface area contributed by atoms with Crippen LogP contribution in [0.25, 0.3) is 0 Å². The summed E-state index contributed by atoms with van der Waals surface area (Å²) in [7, 11) is 0. The first-order valence-electron chi connectivity index (χ1n) is 7.65. The van der Waals surface area contributed by atoms with Crippen LogP contribution in [-0.4, -0.2) is 17.4 Å². The normalized spacial score (nSPS) is 10.5. The number of hydrogen-bond acceptors (Lipinski definition) is 4. The van der Waals surface area contributed by atoms with E-state index in [0.717, 1.165) is 11.3 Å². The monoisotopic (exact) mass is 328 g/mol. The van der Waals surface area contributed by atoms with Gasteiger partial charge in [-0.05, 0) is 36.6 Å². The van der Waals surface area contributed by atoms with Crippen molar-refractivity contribution in [2.45, 2.75) is 26.7 Å². The largest absolute Gasteiger partial charge is 0.484 e. The van der Waals surface area contributed by atoms with Gasteiger partial charge in [0.1, 0.15) is 5.75 Å². The number of nitrogens with one attached hydrogen (secondary N) is 1. The second kappa shape index (κ2) is 7.59. The molecule has 0 aliphatic rings. The molecule has 6 heteroatoms. The molecule has 0 fully saturated rings. The number of nitro benzene ring substituents is 1. The van der Waals surface area contributed by atoms with Crippen LogP contribution in [0.1, 0.15) is 30.9 Å². The maximum absolute atomic E-state index is 12.1. The van der Waals surface area contributed by atoms with Gasteiger partial charge < -0.3 is 10.1 Å². The van der Waals surface area contributed by atoms with Gasteiger partial charge in [-0.25, -0.2) is 0 Å². The number of nitro groups is 1.